The predicted octanol–water partition coefficient (Wildman–Crippen LogP) is 8.06. The molecule has 12 nitrogen and oxygen atoms in total. The van der Waals surface area contributed by atoms with Crippen molar-refractivity contribution in [1.82, 2.24) is 20.2 Å². The number of rotatable bonds is 19. The number of hydrogen-bond acceptors (Lipinski definition) is 11. The summed E-state index contributed by atoms with van der Waals surface area (Å²) in [4.78, 5) is 35.3. The van der Waals surface area contributed by atoms with E-state index in [1.165, 1.54) is 28.7 Å². The van der Waals surface area contributed by atoms with Gasteiger partial charge in [-0.2, -0.15) is 0 Å². The number of aromatic carboxylic acids is 1. The molecule has 0 bridgehead atoms. The number of carbonyl (C=O) groups is 2. The van der Waals surface area contributed by atoms with E-state index < -0.39 is 17.8 Å². The number of nitrogens with one attached hydrogen (secondary N) is 1. The van der Waals surface area contributed by atoms with E-state index in [0.29, 0.717) is 62.8 Å². The molecule has 2 aromatic carbocycles. The number of benzene rings is 2. The minimum Gasteiger partial charge on any atom is -0.491 e. The van der Waals surface area contributed by atoms with Crippen molar-refractivity contribution in [2.24, 2.45) is 0 Å². The Labute approximate surface area is 322 Å². The van der Waals surface area contributed by atoms with Gasteiger partial charge >= 0.3 is 11.9 Å². The Balaban J connectivity index is 1.31. The van der Waals surface area contributed by atoms with Gasteiger partial charge in [-0.05, 0) is 87.4 Å². The molecule has 5 rings (SSSR count). The molecule has 0 aliphatic rings. The summed E-state index contributed by atoms with van der Waals surface area (Å²) in [5.41, 5.74) is 2.24. The van der Waals surface area contributed by atoms with Gasteiger partial charge in [-0.1, -0.05) is 42.2 Å². The molecular weight excluding hydrogens is 730 g/mol. The maximum Gasteiger partial charge on any atom is 0.359 e. The molecule has 5 aromatic rings. The van der Waals surface area contributed by atoms with Crippen molar-refractivity contribution < 1.29 is 33.4 Å². The standard InChI is InChI=1S/C39H44FN7O5S2/c1-5-6-8-14-27-18-19-30(28(40)24-27)52-22-13-17-32-35(37(50)51)42-39(54-32)46(20-11-7-12-21-47(3,4)25-34(48)49)33-23-26(2)36(45-44-33)43-38-41-29-15-9-10-16-31(29)53-38/h9-10,15-16,18-19,23-24H,5-7,11-13,17,20-22,25H2,1-4H3,(H2-,41,43,45,48,49,50,51)/p+1. The van der Waals surface area contributed by atoms with Gasteiger partial charge in [-0.15, -0.1) is 21.5 Å². The number of aromatic nitrogens is 4. The third kappa shape index (κ3) is 11.2. The highest BCUT2D eigenvalue weighted by atomic mass is 32.1. The van der Waals surface area contributed by atoms with Crippen LogP contribution in [0.2, 0.25) is 0 Å². The molecule has 284 valence electrons. The summed E-state index contributed by atoms with van der Waals surface area (Å²) < 4.78 is 21.8. The lowest BCUT2D eigenvalue weighted by Crippen LogP contribution is -2.44. The molecule has 0 saturated carbocycles. The molecule has 0 aliphatic heterocycles. The Kier molecular flexibility index (Phi) is 13.9. The van der Waals surface area contributed by atoms with Crippen molar-refractivity contribution in [3.8, 4) is 17.6 Å². The van der Waals surface area contributed by atoms with Crippen LogP contribution in [0.5, 0.6) is 5.75 Å². The fraction of sp³-hybridized carbons (Fsp3) is 0.385. The van der Waals surface area contributed by atoms with E-state index in [1.54, 1.807) is 12.1 Å². The van der Waals surface area contributed by atoms with Gasteiger partial charge < -0.3 is 29.6 Å². The minimum atomic E-state index is -1.14. The number of fused-ring (bicyclic) bond motifs is 1. The Morgan fingerprint density at radius 3 is 2.56 bits per heavy atom. The molecule has 15 heteroatoms. The third-order valence-corrected chi connectivity index (χ3v) is 10.5. The van der Waals surface area contributed by atoms with Crippen LogP contribution in [0.15, 0.2) is 48.5 Å². The summed E-state index contributed by atoms with van der Waals surface area (Å²) in [7, 11) is 3.80. The second kappa shape index (κ2) is 18.7. The summed E-state index contributed by atoms with van der Waals surface area (Å²) in [6, 6.07) is 14.4. The molecule has 0 amide bonds. The van der Waals surface area contributed by atoms with Crippen LogP contribution in [0.4, 0.5) is 26.3 Å². The van der Waals surface area contributed by atoms with Gasteiger partial charge in [-0.25, -0.2) is 23.9 Å². The molecule has 0 atom stereocenters. The lowest BCUT2D eigenvalue weighted by atomic mass is 10.2. The van der Waals surface area contributed by atoms with E-state index in [1.807, 2.05) is 63.2 Å². The maximum absolute atomic E-state index is 14.7. The van der Waals surface area contributed by atoms with Crippen molar-refractivity contribution in [1.29, 1.82) is 0 Å². The number of aliphatic carboxylic acids is 1. The second-order valence-electron chi connectivity index (χ2n) is 13.5. The van der Waals surface area contributed by atoms with E-state index >= 15 is 0 Å². The third-order valence-electron chi connectivity index (χ3n) is 8.44. The number of carboxylic acid groups (broad SMARTS) is 2. The number of para-hydroxylation sites is 1. The fourth-order valence-corrected chi connectivity index (χ4v) is 7.68. The summed E-state index contributed by atoms with van der Waals surface area (Å²) in [6.07, 6.45) is 4.82. The Bertz CT molecular complexity index is 2110. The van der Waals surface area contributed by atoms with E-state index in [0.717, 1.165) is 47.9 Å². The highest BCUT2D eigenvalue weighted by molar-refractivity contribution is 7.22. The fourth-order valence-electron chi connectivity index (χ4n) is 5.68. The van der Waals surface area contributed by atoms with Crippen LogP contribution in [-0.2, 0) is 11.2 Å². The Hall–Kier alpha value is -5.17. The Morgan fingerprint density at radius 2 is 1.83 bits per heavy atom. The van der Waals surface area contributed by atoms with E-state index in [-0.39, 0.29) is 24.6 Å². The zero-order valence-electron chi connectivity index (χ0n) is 30.9. The molecule has 0 unspecified atom stereocenters. The van der Waals surface area contributed by atoms with Crippen LogP contribution < -0.4 is 15.0 Å². The topological polar surface area (TPSA) is 151 Å². The lowest BCUT2D eigenvalue weighted by Gasteiger charge is -2.28. The summed E-state index contributed by atoms with van der Waals surface area (Å²) in [5.74, 6) is 4.66. The molecule has 54 heavy (non-hydrogen) atoms. The molecule has 0 fully saturated rings. The average molecular weight is 775 g/mol. The number of likely N-dealkylation sites (N-methyl/N-ethyl adjacent to an activating group) is 1. The van der Waals surface area contributed by atoms with Crippen LogP contribution in [0.3, 0.4) is 0 Å². The monoisotopic (exact) mass is 774 g/mol. The van der Waals surface area contributed by atoms with Crippen molar-refractivity contribution in [2.45, 2.75) is 58.8 Å². The molecular formula is C39H45FN7O5S2+. The van der Waals surface area contributed by atoms with Crippen molar-refractivity contribution in [2.75, 3.05) is 50.6 Å². The first-order valence-corrected chi connectivity index (χ1v) is 19.5. The number of anilines is 4. The minimum absolute atomic E-state index is 0.0405. The van der Waals surface area contributed by atoms with Crippen LogP contribution >= 0.6 is 22.7 Å². The molecule has 0 spiro atoms. The van der Waals surface area contributed by atoms with E-state index in [4.69, 9.17) is 4.74 Å². The first-order valence-electron chi connectivity index (χ1n) is 17.8. The van der Waals surface area contributed by atoms with Crippen LogP contribution in [0, 0.1) is 24.6 Å². The van der Waals surface area contributed by atoms with Crippen LogP contribution in [-0.4, -0.2) is 87.1 Å². The van der Waals surface area contributed by atoms with Crippen molar-refractivity contribution >= 4 is 66.7 Å². The number of carboxylic acids is 2. The second-order valence-corrected chi connectivity index (χ2v) is 15.6. The SMILES string of the molecule is CCCC#Cc1ccc(OCCCc2sc(N(CCCCC[N+](C)(C)CC(=O)O)c3cc(C)c(Nc4nc5ccccc5s4)nn3)nc2C(=O)O)c(F)c1. The maximum atomic E-state index is 14.7. The van der Waals surface area contributed by atoms with Crippen LogP contribution in [0.1, 0.15) is 71.9 Å². The number of unbranched alkanes of at least 4 members (excludes halogenated alkanes) is 3. The van der Waals surface area contributed by atoms with Gasteiger partial charge in [0.05, 0.1) is 37.5 Å². The molecule has 3 heterocycles. The van der Waals surface area contributed by atoms with Gasteiger partial charge in [0.25, 0.3) is 0 Å². The zero-order chi connectivity index (χ0) is 38.7. The molecule has 3 N–H and O–H groups in total. The summed E-state index contributed by atoms with van der Waals surface area (Å²) >= 11 is 2.79. The zero-order valence-corrected chi connectivity index (χ0v) is 32.5. The van der Waals surface area contributed by atoms with Crippen LogP contribution in [0.25, 0.3) is 10.2 Å². The number of nitrogens with zero attached hydrogens (tertiary/aromatic N) is 6. The van der Waals surface area contributed by atoms with Gasteiger partial charge in [0.2, 0.25) is 0 Å². The molecule has 0 radical (unpaired) electrons. The summed E-state index contributed by atoms with van der Waals surface area (Å²) in [6.45, 7) is 5.35. The van der Waals surface area contributed by atoms with Crippen molar-refractivity contribution in [3.05, 3.63) is 76.0 Å². The number of hydrogen-bond donors (Lipinski definition) is 3. The van der Waals surface area contributed by atoms with Gasteiger partial charge in [0, 0.05) is 23.4 Å². The quantitative estimate of drug-likeness (QED) is 0.0425. The number of ether oxygens (including phenoxy) is 1. The Morgan fingerprint density at radius 1 is 1.02 bits per heavy atom. The van der Waals surface area contributed by atoms with Gasteiger partial charge in [-0.3, -0.25) is 0 Å². The van der Waals surface area contributed by atoms with Gasteiger partial charge in [0.15, 0.2) is 45.7 Å². The first-order chi connectivity index (χ1) is 25.9. The van der Waals surface area contributed by atoms with E-state index in [9.17, 15) is 24.2 Å². The first kappa shape index (κ1) is 40.0. The summed E-state index contributed by atoms with van der Waals surface area (Å²) in [5, 5.41) is 32.8. The highest BCUT2D eigenvalue weighted by Gasteiger charge is 2.24. The molecule has 3 aromatic heterocycles. The lowest BCUT2D eigenvalue weighted by molar-refractivity contribution is -0.883. The smallest absolute Gasteiger partial charge is 0.359 e. The van der Waals surface area contributed by atoms with E-state index in [2.05, 4.69) is 37.3 Å². The molecule has 0 aliphatic carbocycles. The van der Waals surface area contributed by atoms with Gasteiger partial charge in [0.1, 0.15) is 0 Å². The highest BCUT2D eigenvalue weighted by Crippen LogP contribution is 2.34. The average Bonchev–Trinajstić information content (AvgIpc) is 3.73. The number of halogens is 1. The van der Waals surface area contributed by atoms with Crippen molar-refractivity contribution in [3.63, 3.8) is 0 Å². The normalized spacial score (nSPS) is 11.3. The predicted molar refractivity (Wildman–Crippen MR) is 211 cm³/mol. The molecule has 0 saturated heterocycles. The number of quaternary nitrogens is 1. The number of thiazole rings is 2. The number of aryl methyl sites for hydroxylation is 2. The largest absolute Gasteiger partial charge is 0.491 e.